The zero-order valence-corrected chi connectivity index (χ0v) is 15.5. The van der Waals surface area contributed by atoms with Gasteiger partial charge >= 0.3 is 0 Å². The molecule has 3 rings (SSSR count). The fraction of sp³-hybridized carbons (Fsp3) is 1.00. The number of ether oxygens (including phenoxy) is 2. The van der Waals surface area contributed by atoms with Crippen LogP contribution < -0.4 is 0 Å². The molecule has 23 heavy (non-hydrogen) atoms. The average molecular weight is 323 g/mol. The summed E-state index contributed by atoms with van der Waals surface area (Å²) in [5.41, 5.74) is 0. The van der Waals surface area contributed by atoms with Crippen molar-refractivity contribution < 1.29 is 9.47 Å². The van der Waals surface area contributed by atoms with E-state index in [9.17, 15) is 0 Å². The summed E-state index contributed by atoms with van der Waals surface area (Å²) >= 11 is 0. The van der Waals surface area contributed by atoms with Gasteiger partial charge in [-0.3, -0.25) is 0 Å². The molecule has 1 saturated heterocycles. The molecule has 134 valence electrons. The van der Waals surface area contributed by atoms with E-state index >= 15 is 0 Å². The maximum Gasteiger partial charge on any atom is 0.157 e. The standard InChI is InChI=1S/C21H38O2/c1-16(2)18-9-11-20(12-10-18)19-7-4-17(5-8-19)6-13-21-22-14-3-15-23-21/h16-21H,3-15H2,1-2H3/t17-,18?,19-,20?. The van der Waals surface area contributed by atoms with Crippen molar-refractivity contribution in [1.29, 1.82) is 0 Å². The molecule has 1 aliphatic heterocycles. The van der Waals surface area contributed by atoms with E-state index in [0.29, 0.717) is 0 Å². The normalized spacial score (nSPS) is 37.2. The smallest absolute Gasteiger partial charge is 0.157 e. The van der Waals surface area contributed by atoms with E-state index in [4.69, 9.17) is 9.47 Å². The summed E-state index contributed by atoms with van der Waals surface area (Å²) in [7, 11) is 0. The van der Waals surface area contributed by atoms with E-state index in [2.05, 4.69) is 13.8 Å². The summed E-state index contributed by atoms with van der Waals surface area (Å²) in [4.78, 5) is 0. The predicted molar refractivity (Wildman–Crippen MR) is 95.3 cm³/mol. The van der Waals surface area contributed by atoms with Gasteiger partial charge in [-0.1, -0.05) is 26.7 Å². The van der Waals surface area contributed by atoms with Crippen molar-refractivity contribution in [2.75, 3.05) is 13.2 Å². The minimum absolute atomic E-state index is 0.104. The van der Waals surface area contributed by atoms with Crippen molar-refractivity contribution in [3.8, 4) is 0 Å². The molecule has 0 radical (unpaired) electrons. The number of rotatable bonds is 5. The topological polar surface area (TPSA) is 18.5 Å². The first-order valence-electron chi connectivity index (χ1n) is 10.5. The lowest BCUT2D eigenvalue weighted by Crippen LogP contribution is -2.28. The average Bonchev–Trinajstić information content (AvgIpc) is 2.61. The quantitative estimate of drug-likeness (QED) is 0.637. The van der Waals surface area contributed by atoms with Crippen molar-refractivity contribution in [2.24, 2.45) is 29.6 Å². The van der Waals surface area contributed by atoms with Gasteiger partial charge in [-0.15, -0.1) is 0 Å². The minimum Gasteiger partial charge on any atom is -0.353 e. The van der Waals surface area contributed by atoms with Crippen LogP contribution in [0.1, 0.15) is 84.5 Å². The third-order valence-corrected chi connectivity index (χ3v) is 7.02. The molecule has 0 bridgehead atoms. The molecule has 2 heteroatoms. The Morgan fingerprint density at radius 2 is 1.30 bits per heavy atom. The molecule has 0 aromatic carbocycles. The SMILES string of the molecule is CC(C)C1CCC([C@H]2CC[C@H](CCC3OCCCO3)CC2)CC1. The maximum atomic E-state index is 5.69. The molecule has 2 saturated carbocycles. The highest BCUT2D eigenvalue weighted by Gasteiger charge is 2.31. The lowest BCUT2D eigenvalue weighted by molar-refractivity contribution is -0.183. The van der Waals surface area contributed by atoms with E-state index in [-0.39, 0.29) is 6.29 Å². The summed E-state index contributed by atoms with van der Waals surface area (Å²) in [6.45, 7) is 6.62. The molecule has 0 spiro atoms. The van der Waals surface area contributed by atoms with Gasteiger partial charge in [0.05, 0.1) is 13.2 Å². The van der Waals surface area contributed by atoms with Gasteiger partial charge in [-0.25, -0.2) is 0 Å². The molecule has 0 N–H and O–H groups in total. The number of hydrogen-bond acceptors (Lipinski definition) is 2. The van der Waals surface area contributed by atoms with Crippen LogP contribution in [0.4, 0.5) is 0 Å². The molecular weight excluding hydrogens is 284 g/mol. The van der Waals surface area contributed by atoms with Crippen LogP contribution >= 0.6 is 0 Å². The van der Waals surface area contributed by atoms with Crippen LogP contribution in [0, 0.1) is 29.6 Å². The van der Waals surface area contributed by atoms with Crippen LogP contribution in [0.15, 0.2) is 0 Å². The van der Waals surface area contributed by atoms with Gasteiger partial charge in [0.25, 0.3) is 0 Å². The first-order valence-corrected chi connectivity index (χ1v) is 10.5. The monoisotopic (exact) mass is 322 g/mol. The molecule has 0 amide bonds. The Kier molecular flexibility index (Phi) is 6.83. The van der Waals surface area contributed by atoms with Crippen LogP contribution in [-0.2, 0) is 9.47 Å². The lowest BCUT2D eigenvalue weighted by Gasteiger charge is -2.39. The first-order chi connectivity index (χ1) is 11.2. The van der Waals surface area contributed by atoms with E-state index in [1.165, 1.54) is 57.8 Å². The zero-order chi connectivity index (χ0) is 16.1. The van der Waals surface area contributed by atoms with Gasteiger partial charge in [-0.2, -0.15) is 0 Å². The van der Waals surface area contributed by atoms with E-state index in [1.807, 2.05) is 0 Å². The molecule has 3 fully saturated rings. The highest BCUT2D eigenvalue weighted by molar-refractivity contribution is 4.82. The molecule has 2 aliphatic carbocycles. The van der Waals surface area contributed by atoms with Crippen LogP contribution in [0.2, 0.25) is 0 Å². The third kappa shape index (κ3) is 5.19. The molecule has 0 unspecified atom stereocenters. The summed E-state index contributed by atoms with van der Waals surface area (Å²) in [5.74, 6) is 4.94. The predicted octanol–water partition coefficient (Wildman–Crippen LogP) is 5.80. The van der Waals surface area contributed by atoms with Crippen LogP contribution in [0.3, 0.4) is 0 Å². The highest BCUT2D eigenvalue weighted by atomic mass is 16.7. The second-order valence-corrected chi connectivity index (χ2v) is 8.80. The van der Waals surface area contributed by atoms with Crippen molar-refractivity contribution in [1.82, 2.24) is 0 Å². The molecule has 2 nitrogen and oxygen atoms in total. The van der Waals surface area contributed by atoms with E-state index < -0.39 is 0 Å². The summed E-state index contributed by atoms with van der Waals surface area (Å²) in [5, 5.41) is 0. The molecular formula is C21H38O2. The highest BCUT2D eigenvalue weighted by Crippen LogP contribution is 2.43. The van der Waals surface area contributed by atoms with Crippen molar-refractivity contribution >= 4 is 0 Å². The number of hydrogen-bond donors (Lipinski definition) is 0. The largest absolute Gasteiger partial charge is 0.353 e. The minimum atomic E-state index is 0.104. The molecule has 0 aromatic rings. The van der Waals surface area contributed by atoms with Gasteiger partial charge in [0.1, 0.15) is 0 Å². The Morgan fingerprint density at radius 1 is 0.739 bits per heavy atom. The van der Waals surface area contributed by atoms with E-state index in [0.717, 1.165) is 55.6 Å². The molecule has 1 heterocycles. The van der Waals surface area contributed by atoms with Crippen molar-refractivity contribution in [3.63, 3.8) is 0 Å². The summed E-state index contributed by atoms with van der Waals surface area (Å²) < 4.78 is 11.4. The fourth-order valence-corrected chi connectivity index (χ4v) is 5.31. The Balaban J connectivity index is 1.32. The fourth-order valence-electron chi connectivity index (χ4n) is 5.31. The molecule has 0 atom stereocenters. The second kappa shape index (κ2) is 8.85. The Labute approximate surface area is 143 Å². The summed E-state index contributed by atoms with van der Waals surface area (Å²) in [6.07, 6.45) is 15.5. The Hall–Kier alpha value is -0.0800. The van der Waals surface area contributed by atoms with Gasteiger partial charge in [0.15, 0.2) is 6.29 Å². The second-order valence-electron chi connectivity index (χ2n) is 8.80. The van der Waals surface area contributed by atoms with Gasteiger partial charge in [0, 0.05) is 0 Å². The Bertz CT molecular complexity index is 319. The van der Waals surface area contributed by atoms with Crippen molar-refractivity contribution in [3.05, 3.63) is 0 Å². The van der Waals surface area contributed by atoms with Crippen molar-refractivity contribution in [2.45, 2.75) is 90.8 Å². The van der Waals surface area contributed by atoms with Gasteiger partial charge in [-0.05, 0) is 87.4 Å². The van der Waals surface area contributed by atoms with Crippen LogP contribution in [-0.4, -0.2) is 19.5 Å². The van der Waals surface area contributed by atoms with Gasteiger partial charge in [0.2, 0.25) is 0 Å². The Morgan fingerprint density at radius 3 is 1.87 bits per heavy atom. The first kappa shape index (κ1) is 17.7. The third-order valence-electron chi connectivity index (χ3n) is 7.02. The van der Waals surface area contributed by atoms with Crippen LogP contribution in [0.5, 0.6) is 0 Å². The molecule has 3 aliphatic rings. The van der Waals surface area contributed by atoms with E-state index in [1.54, 1.807) is 0 Å². The van der Waals surface area contributed by atoms with Gasteiger partial charge < -0.3 is 9.47 Å². The van der Waals surface area contributed by atoms with Crippen LogP contribution in [0.25, 0.3) is 0 Å². The summed E-state index contributed by atoms with van der Waals surface area (Å²) in [6, 6.07) is 0. The molecule has 0 aromatic heterocycles. The maximum absolute atomic E-state index is 5.69. The zero-order valence-electron chi connectivity index (χ0n) is 15.5. The lowest BCUT2D eigenvalue weighted by atomic mass is 9.67.